The third kappa shape index (κ3) is 3.23. The average molecular weight is 395 g/mol. The molecule has 0 radical (unpaired) electrons. The first kappa shape index (κ1) is 19.3. The van der Waals surface area contributed by atoms with E-state index in [9.17, 15) is 5.11 Å². The summed E-state index contributed by atoms with van der Waals surface area (Å²) < 4.78 is 2.19. The molecule has 3 N–H and O–H groups in total. The molecule has 156 valence electrons. The zero-order valence-electron chi connectivity index (χ0n) is 17.9. The van der Waals surface area contributed by atoms with E-state index in [2.05, 4.69) is 37.7 Å². The first-order valence-electron chi connectivity index (χ1n) is 11.3. The zero-order chi connectivity index (χ0) is 20.4. The highest BCUT2D eigenvalue weighted by atomic mass is 16.3. The van der Waals surface area contributed by atoms with Crippen molar-refractivity contribution in [3.63, 3.8) is 0 Å². The molecule has 3 aliphatic rings. The molecule has 0 unspecified atom stereocenters. The Balaban J connectivity index is 1.46. The first-order valence-corrected chi connectivity index (χ1v) is 11.3. The highest BCUT2D eigenvalue weighted by Crippen LogP contribution is 2.55. The lowest BCUT2D eigenvalue weighted by Crippen LogP contribution is -2.52. The summed E-state index contributed by atoms with van der Waals surface area (Å²) in [7, 11) is 0. The molecule has 3 fully saturated rings. The van der Waals surface area contributed by atoms with Crippen LogP contribution in [0, 0.1) is 11.3 Å². The molecule has 0 aromatic carbocycles. The van der Waals surface area contributed by atoms with Gasteiger partial charge in [0.1, 0.15) is 0 Å². The summed E-state index contributed by atoms with van der Waals surface area (Å²) in [6, 6.07) is 4.72. The minimum atomic E-state index is -0.586. The number of pyridine rings is 1. The maximum atomic E-state index is 11.0. The van der Waals surface area contributed by atoms with Gasteiger partial charge in [-0.05, 0) is 74.0 Å². The van der Waals surface area contributed by atoms with Gasteiger partial charge in [-0.2, -0.15) is 5.10 Å². The summed E-state index contributed by atoms with van der Waals surface area (Å²) >= 11 is 0. The van der Waals surface area contributed by atoms with E-state index in [1.165, 1.54) is 29.7 Å². The van der Waals surface area contributed by atoms with Crippen molar-refractivity contribution >= 4 is 0 Å². The van der Waals surface area contributed by atoms with Crippen molar-refractivity contribution < 1.29 is 5.11 Å². The smallest absolute Gasteiger partial charge is 0.0771 e. The zero-order valence-corrected chi connectivity index (χ0v) is 17.9. The molecule has 3 aliphatic carbocycles. The molecular weight excluding hydrogens is 360 g/mol. The Morgan fingerprint density at radius 1 is 1.21 bits per heavy atom. The van der Waals surface area contributed by atoms with Gasteiger partial charge in [-0.1, -0.05) is 26.8 Å². The summed E-state index contributed by atoms with van der Waals surface area (Å²) in [4.78, 5) is 4.83. The number of nitrogens with zero attached hydrogens (tertiary/aromatic N) is 3. The Morgan fingerprint density at radius 2 is 1.93 bits per heavy atom. The number of hydrogen-bond donors (Lipinski definition) is 2. The topological polar surface area (TPSA) is 77.0 Å². The minimum Gasteiger partial charge on any atom is -0.389 e. The Bertz CT molecular complexity index is 896. The molecule has 0 atom stereocenters. The SMILES string of the molecule is CC(C)(C)C1(O)CC(c2cccnc2-c2cn(C3CC(CN)C3)nc2C2CC2)C1. The van der Waals surface area contributed by atoms with Crippen molar-refractivity contribution in [3.8, 4) is 11.3 Å². The van der Waals surface area contributed by atoms with Gasteiger partial charge in [0.25, 0.3) is 0 Å². The summed E-state index contributed by atoms with van der Waals surface area (Å²) in [5.41, 5.74) is 9.94. The highest BCUT2D eigenvalue weighted by molar-refractivity contribution is 5.67. The predicted molar refractivity (Wildman–Crippen MR) is 115 cm³/mol. The van der Waals surface area contributed by atoms with Gasteiger partial charge in [0, 0.05) is 23.9 Å². The van der Waals surface area contributed by atoms with Crippen molar-refractivity contribution in [1.29, 1.82) is 0 Å². The molecule has 3 saturated carbocycles. The van der Waals surface area contributed by atoms with Gasteiger partial charge >= 0.3 is 0 Å². The van der Waals surface area contributed by atoms with E-state index in [0.29, 0.717) is 23.8 Å². The molecule has 0 aliphatic heterocycles. The molecule has 2 heterocycles. The summed E-state index contributed by atoms with van der Waals surface area (Å²) in [6.07, 6.45) is 10.5. The fraction of sp³-hybridized carbons (Fsp3) is 0.667. The van der Waals surface area contributed by atoms with Crippen LogP contribution in [0.25, 0.3) is 11.3 Å². The largest absolute Gasteiger partial charge is 0.389 e. The summed E-state index contributed by atoms with van der Waals surface area (Å²) in [6.45, 7) is 7.18. The predicted octanol–water partition coefficient (Wildman–Crippen LogP) is 4.39. The van der Waals surface area contributed by atoms with Crippen LogP contribution in [0.5, 0.6) is 0 Å². The van der Waals surface area contributed by atoms with Crippen LogP contribution in [0.4, 0.5) is 0 Å². The van der Waals surface area contributed by atoms with Gasteiger partial charge in [-0.25, -0.2) is 0 Å². The first-order chi connectivity index (χ1) is 13.8. The summed E-state index contributed by atoms with van der Waals surface area (Å²) in [5, 5.41) is 16.0. The molecule has 5 rings (SSSR count). The van der Waals surface area contributed by atoms with Crippen LogP contribution in [0.1, 0.15) is 88.4 Å². The fourth-order valence-corrected chi connectivity index (χ4v) is 5.10. The van der Waals surface area contributed by atoms with Crippen molar-refractivity contribution in [2.24, 2.45) is 17.1 Å². The number of hydrogen-bond acceptors (Lipinski definition) is 4. The van der Waals surface area contributed by atoms with E-state index < -0.39 is 5.60 Å². The highest BCUT2D eigenvalue weighted by Gasteiger charge is 2.51. The van der Waals surface area contributed by atoms with Crippen LogP contribution in [0.3, 0.4) is 0 Å². The Morgan fingerprint density at radius 3 is 2.55 bits per heavy atom. The molecule has 2 aromatic heterocycles. The fourth-order valence-electron chi connectivity index (χ4n) is 5.10. The Hall–Kier alpha value is -1.72. The third-order valence-corrected chi connectivity index (χ3v) is 7.74. The molecule has 0 bridgehead atoms. The van der Waals surface area contributed by atoms with Crippen LogP contribution in [-0.4, -0.2) is 32.0 Å². The van der Waals surface area contributed by atoms with Crippen molar-refractivity contribution in [2.75, 3.05) is 6.54 Å². The second kappa shape index (κ2) is 6.64. The number of aromatic nitrogens is 3. The van der Waals surface area contributed by atoms with E-state index in [1.807, 2.05) is 12.3 Å². The van der Waals surface area contributed by atoms with Crippen molar-refractivity contribution in [3.05, 3.63) is 35.8 Å². The molecule has 5 heteroatoms. The normalized spacial score (nSPS) is 32.0. The number of aliphatic hydroxyl groups is 1. The molecule has 0 spiro atoms. The lowest BCUT2D eigenvalue weighted by atomic mass is 9.57. The monoisotopic (exact) mass is 394 g/mol. The molecule has 29 heavy (non-hydrogen) atoms. The van der Waals surface area contributed by atoms with Crippen molar-refractivity contribution in [1.82, 2.24) is 14.8 Å². The second-order valence-electron chi connectivity index (χ2n) is 10.7. The maximum Gasteiger partial charge on any atom is 0.0771 e. The van der Waals surface area contributed by atoms with Crippen LogP contribution in [-0.2, 0) is 0 Å². The van der Waals surface area contributed by atoms with Crippen LogP contribution >= 0.6 is 0 Å². The molecular formula is C24H34N4O. The number of rotatable bonds is 5. The van der Waals surface area contributed by atoms with Gasteiger partial charge in [-0.15, -0.1) is 0 Å². The molecule has 2 aromatic rings. The van der Waals surface area contributed by atoms with Gasteiger partial charge in [0.15, 0.2) is 0 Å². The second-order valence-corrected chi connectivity index (χ2v) is 10.7. The minimum absolute atomic E-state index is 0.0975. The van der Waals surface area contributed by atoms with Crippen LogP contribution < -0.4 is 5.73 Å². The van der Waals surface area contributed by atoms with Gasteiger partial charge < -0.3 is 10.8 Å². The lowest BCUT2D eigenvalue weighted by molar-refractivity contribution is -0.129. The quantitative estimate of drug-likeness (QED) is 0.789. The van der Waals surface area contributed by atoms with E-state index in [1.54, 1.807) is 0 Å². The van der Waals surface area contributed by atoms with E-state index in [4.69, 9.17) is 15.8 Å². The van der Waals surface area contributed by atoms with E-state index in [-0.39, 0.29) is 5.41 Å². The van der Waals surface area contributed by atoms with Gasteiger partial charge in [0.2, 0.25) is 0 Å². The Labute approximate surface area is 173 Å². The standard InChI is InChI=1S/C24H34N4O/c1-23(2,3)24(29)11-17(12-24)19-5-4-8-26-22(19)20-14-28(18-9-15(10-18)13-25)27-21(20)16-6-7-16/h4-5,8,14-18,29H,6-7,9-13,25H2,1-3H3. The van der Waals surface area contributed by atoms with Crippen LogP contribution in [0.15, 0.2) is 24.5 Å². The van der Waals surface area contributed by atoms with E-state index >= 15 is 0 Å². The Kier molecular flexibility index (Phi) is 4.41. The number of nitrogens with two attached hydrogens (primary N) is 1. The average Bonchev–Trinajstić information content (AvgIpc) is 3.37. The third-order valence-electron chi connectivity index (χ3n) is 7.74. The summed E-state index contributed by atoms with van der Waals surface area (Å²) in [5.74, 6) is 1.59. The van der Waals surface area contributed by atoms with Crippen LogP contribution in [0.2, 0.25) is 0 Å². The molecule has 5 nitrogen and oxygen atoms in total. The maximum absolute atomic E-state index is 11.0. The molecule has 0 saturated heterocycles. The van der Waals surface area contributed by atoms with Crippen molar-refractivity contribution in [2.45, 2.75) is 82.8 Å². The van der Waals surface area contributed by atoms with Gasteiger partial charge in [-0.3, -0.25) is 9.67 Å². The van der Waals surface area contributed by atoms with E-state index in [0.717, 1.165) is 37.9 Å². The van der Waals surface area contributed by atoms with Gasteiger partial charge in [0.05, 0.1) is 23.0 Å². The molecule has 0 amide bonds. The lowest BCUT2D eigenvalue weighted by Gasteiger charge is -2.52.